The number of nitrogens with zero attached hydrogens (tertiary/aromatic N) is 3. The van der Waals surface area contributed by atoms with Crippen LogP contribution in [-0.4, -0.2) is 22.1 Å². The van der Waals surface area contributed by atoms with Crippen LogP contribution in [0.2, 0.25) is 0 Å². The molecule has 0 unspecified atom stereocenters. The molecule has 0 amide bonds. The van der Waals surface area contributed by atoms with E-state index in [4.69, 9.17) is 10.00 Å². The highest BCUT2D eigenvalue weighted by Gasteiger charge is 2.25. The third kappa shape index (κ3) is 5.04. The second kappa shape index (κ2) is 10.7. The quantitative estimate of drug-likeness (QED) is 0.333. The van der Waals surface area contributed by atoms with E-state index in [-0.39, 0.29) is 18.0 Å². The van der Waals surface area contributed by atoms with Gasteiger partial charge in [-0.2, -0.15) is 5.26 Å². The Morgan fingerprint density at radius 2 is 2.06 bits per heavy atom. The van der Waals surface area contributed by atoms with E-state index >= 15 is 0 Å². The SMILES string of the molecule is CC.CCOC(=O)c1c(Nc2ccc(C)cc2F)c2cnccc2n1Cc1ccc(C#N)s1. The molecule has 1 N–H and O–H groups in total. The van der Waals surface area contributed by atoms with Crippen LogP contribution in [0.25, 0.3) is 10.9 Å². The van der Waals surface area contributed by atoms with Crippen LogP contribution < -0.4 is 5.32 Å². The third-order valence-corrected chi connectivity index (χ3v) is 5.78. The first-order chi connectivity index (χ1) is 16.0. The molecule has 8 heteroatoms. The van der Waals surface area contributed by atoms with E-state index in [2.05, 4.69) is 16.4 Å². The van der Waals surface area contributed by atoms with Gasteiger partial charge in [-0.05, 0) is 49.7 Å². The first kappa shape index (κ1) is 24.0. The number of hydrogen-bond donors (Lipinski definition) is 1. The minimum absolute atomic E-state index is 0.203. The van der Waals surface area contributed by atoms with Crippen LogP contribution >= 0.6 is 11.3 Å². The molecule has 0 saturated carbocycles. The maximum atomic E-state index is 14.6. The number of ether oxygens (including phenoxy) is 1. The highest BCUT2D eigenvalue weighted by atomic mass is 32.1. The summed E-state index contributed by atoms with van der Waals surface area (Å²) in [4.78, 5) is 18.7. The molecular formula is C25H25FN4O2S. The molecule has 0 aliphatic rings. The summed E-state index contributed by atoms with van der Waals surface area (Å²) in [6.45, 7) is 8.11. The fourth-order valence-corrected chi connectivity index (χ4v) is 4.23. The van der Waals surface area contributed by atoms with Crippen LogP contribution in [0.3, 0.4) is 0 Å². The molecule has 0 bridgehead atoms. The van der Waals surface area contributed by atoms with Crippen molar-refractivity contribution in [2.24, 2.45) is 0 Å². The normalized spacial score (nSPS) is 10.3. The molecule has 0 aliphatic heterocycles. The average Bonchev–Trinajstić information content (AvgIpc) is 3.40. The monoisotopic (exact) mass is 464 g/mol. The number of anilines is 2. The number of esters is 1. The Balaban J connectivity index is 0.00000149. The molecule has 3 heterocycles. The van der Waals surface area contributed by atoms with Crippen LogP contribution in [-0.2, 0) is 11.3 Å². The number of rotatable bonds is 6. The van der Waals surface area contributed by atoms with Crippen molar-refractivity contribution in [2.75, 3.05) is 11.9 Å². The predicted octanol–water partition coefficient (Wildman–Crippen LogP) is 6.41. The van der Waals surface area contributed by atoms with Crippen molar-refractivity contribution in [2.45, 2.75) is 34.2 Å². The number of benzene rings is 1. The summed E-state index contributed by atoms with van der Waals surface area (Å²) in [5, 5.41) is 12.9. The number of halogens is 1. The van der Waals surface area contributed by atoms with E-state index in [0.29, 0.717) is 22.5 Å². The van der Waals surface area contributed by atoms with Crippen LogP contribution in [0.5, 0.6) is 0 Å². The molecule has 1 aromatic carbocycles. The smallest absolute Gasteiger partial charge is 0.357 e. The number of nitriles is 1. The highest BCUT2D eigenvalue weighted by molar-refractivity contribution is 7.12. The second-order valence-corrected chi connectivity index (χ2v) is 8.08. The van der Waals surface area contributed by atoms with Gasteiger partial charge in [0.25, 0.3) is 0 Å². The van der Waals surface area contributed by atoms with Crippen molar-refractivity contribution >= 4 is 39.6 Å². The van der Waals surface area contributed by atoms with E-state index in [9.17, 15) is 9.18 Å². The molecule has 0 atom stereocenters. The number of thiophene rings is 1. The zero-order valence-corrected chi connectivity index (χ0v) is 19.8. The summed E-state index contributed by atoms with van der Waals surface area (Å²) in [7, 11) is 0. The van der Waals surface area contributed by atoms with Gasteiger partial charge in [-0.25, -0.2) is 9.18 Å². The molecule has 0 saturated heterocycles. The Bertz CT molecular complexity index is 1320. The Hall–Kier alpha value is -3.70. The Kier molecular flexibility index (Phi) is 7.80. The number of nitrogens with one attached hydrogen (secondary N) is 1. The first-order valence-corrected chi connectivity index (χ1v) is 11.5. The maximum Gasteiger partial charge on any atom is 0.357 e. The highest BCUT2D eigenvalue weighted by Crippen LogP contribution is 2.35. The lowest BCUT2D eigenvalue weighted by molar-refractivity contribution is 0.0516. The lowest BCUT2D eigenvalue weighted by Crippen LogP contribution is -2.14. The van der Waals surface area contributed by atoms with E-state index in [1.165, 1.54) is 17.4 Å². The summed E-state index contributed by atoms with van der Waals surface area (Å²) in [6, 6.07) is 12.4. The van der Waals surface area contributed by atoms with Crippen molar-refractivity contribution in [3.8, 4) is 6.07 Å². The summed E-state index contributed by atoms with van der Waals surface area (Å²) >= 11 is 1.36. The number of fused-ring (bicyclic) bond motifs is 1. The molecule has 170 valence electrons. The van der Waals surface area contributed by atoms with Gasteiger partial charge in [0.15, 0.2) is 5.69 Å². The van der Waals surface area contributed by atoms with Gasteiger partial charge >= 0.3 is 5.97 Å². The first-order valence-electron chi connectivity index (χ1n) is 10.7. The fraction of sp³-hybridized carbons (Fsp3) is 0.240. The Morgan fingerprint density at radius 3 is 2.73 bits per heavy atom. The van der Waals surface area contributed by atoms with E-state index in [1.807, 2.05) is 31.4 Å². The van der Waals surface area contributed by atoms with Crippen LogP contribution in [0.15, 0.2) is 48.8 Å². The van der Waals surface area contributed by atoms with E-state index < -0.39 is 11.8 Å². The number of pyridine rings is 1. The van der Waals surface area contributed by atoms with Gasteiger partial charge < -0.3 is 14.6 Å². The Morgan fingerprint density at radius 1 is 1.27 bits per heavy atom. The number of aromatic nitrogens is 2. The number of carbonyl (C=O) groups is 1. The molecule has 0 aliphatic carbocycles. The zero-order chi connectivity index (χ0) is 24.0. The molecule has 33 heavy (non-hydrogen) atoms. The number of carbonyl (C=O) groups excluding carboxylic acids is 1. The largest absolute Gasteiger partial charge is 0.461 e. The molecule has 6 nitrogen and oxygen atoms in total. The molecule has 0 spiro atoms. The van der Waals surface area contributed by atoms with Gasteiger partial charge in [-0.3, -0.25) is 4.98 Å². The summed E-state index contributed by atoms with van der Waals surface area (Å²) < 4.78 is 21.7. The fourth-order valence-electron chi connectivity index (χ4n) is 3.44. The molecule has 0 fully saturated rings. The number of hydrogen-bond acceptors (Lipinski definition) is 6. The van der Waals surface area contributed by atoms with Gasteiger partial charge in [0.1, 0.15) is 16.8 Å². The predicted molar refractivity (Wildman–Crippen MR) is 130 cm³/mol. The second-order valence-electron chi connectivity index (χ2n) is 6.91. The number of aryl methyl sites for hydroxylation is 1. The molecule has 4 rings (SSSR count). The molecule has 0 radical (unpaired) electrons. The van der Waals surface area contributed by atoms with Gasteiger partial charge in [0.05, 0.1) is 30.0 Å². The summed E-state index contributed by atoms with van der Waals surface area (Å²) in [6.07, 6.45) is 3.28. The zero-order valence-electron chi connectivity index (χ0n) is 19.0. The van der Waals surface area contributed by atoms with Crippen molar-refractivity contribution in [3.05, 3.63) is 75.6 Å². The van der Waals surface area contributed by atoms with E-state index in [0.717, 1.165) is 16.0 Å². The minimum Gasteiger partial charge on any atom is -0.461 e. The standard InChI is InChI=1S/C23H19FN4O2S.C2H6/c1-3-30-23(29)22-21(27-19-7-4-14(2)10-18(19)24)17-12-26-9-8-20(17)28(22)13-16-6-5-15(11-25)31-16;1-2/h4-10,12,27H,3,13H2,1-2H3;1-2H3. The van der Waals surface area contributed by atoms with Gasteiger partial charge in [0, 0.05) is 22.7 Å². The van der Waals surface area contributed by atoms with Gasteiger partial charge in [-0.15, -0.1) is 11.3 Å². The van der Waals surface area contributed by atoms with E-state index in [1.54, 1.807) is 43.6 Å². The summed E-state index contributed by atoms with van der Waals surface area (Å²) in [5.41, 5.74) is 2.50. The van der Waals surface area contributed by atoms with Crippen molar-refractivity contribution in [1.29, 1.82) is 5.26 Å². The van der Waals surface area contributed by atoms with Crippen LogP contribution in [0.4, 0.5) is 15.8 Å². The Labute approximate surface area is 196 Å². The maximum absolute atomic E-state index is 14.6. The van der Waals surface area contributed by atoms with Gasteiger partial charge in [-0.1, -0.05) is 19.9 Å². The third-order valence-electron chi connectivity index (χ3n) is 4.80. The van der Waals surface area contributed by atoms with Gasteiger partial charge in [0.2, 0.25) is 0 Å². The minimum atomic E-state index is -0.522. The van der Waals surface area contributed by atoms with Crippen molar-refractivity contribution in [1.82, 2.24) is 9.55 Å². The molecule has 3 aromatic heterocycles. The van der Waals surface area contributed by atoms with Crippen molar-refractivity contribution in [3.63, 3.8) is 0 Å². The topological polar surface area (TPSA) is 79.9 Å². The molecule has 4 aromatic rings. The lowest BCUT2D eigenvalue weighted by atomic mass is 10.2. The lowest BCUT2D eigenvalue weighted by Gasteiger charge is -2.12. The van der Waals surface area contributed by atoms with Crippen molar-refractivity contribution < 1.29 is 13.9 Å². The van der Waals surface area contributed by atoms with Crippen LogP contribution in [0, 0.1) is 24.1 Å². The molecular weight excluding hydrogens is 439 g/mol. The average molecular weight is 465 g/mol. The summed E-state index contributed by atoms with van der Waals surface area (Å²) in [5.74, 6) is -0.942. The van der Waals surface area contributed by atoms with Crippen LogP contribution in [0.1, 0.15) is 46.6 Å².